The molecule has 8 heteroatoms. The van der Waals surface area contributed by atoms with Gasteiger partial charge < -0.3 is 4.57 Å². The number of aromatic nitrogens is 1. The lowest BCUT2D eigenvalue weighted by atomic mass is 10.2. The first kappa shape index (κ1) is 12.5. The second-order valence-corrected chi connectivity index (χ2v) is 5.31. The molecule has 0 bridgehead atoms. The number of fused-ring (bicyclic) bond motifs is 1. The molecule has 0 atom stereocenters. The minimum absolute atomic E-state index is 0.0944. The van der Waals surface area contributed by atoms with Crippen LogP contribution >= 0.6 is 0 Å². The molecule has 2 rings (SSSR count). The van der Waals surface area contributed by atoms with E-state index >= 15 is 0 Å². The van der Waals surface area contributed by atoms with Gasteiger partial charge in [-0.2, -0.15) is 0 Å². The van der Waals surface area contributed by atoms with Crippen LogP contribution in [0.2, 0.25) is 0 Å². The molecule has 2 N–H and O–H groups in total. The summed E-state index contributed by atoms with van der Waals surface area (Å²) in [5.41, 5.74) is 0.438. The molecule has 0 saturated carbocycles. The fourth-order valence-corrected chi connectivity index (χ4v) is 2.60. The predicted molar refractivity (Wildman–Crippen MR) is 65.6 cm³/mol. The smallest absolute Gasteiger partial charge is 0.270 e. The van der Waals surface area contributed by atoms with Gasteiger partial charge in [0.15, 0.2) is 0 Å². The summed E-state index contributed by atoms with van der Waals surface area (Å²) in [6.07, 6.45) is 1.39. The zero-order chi connectivity index (χ0) is 13.5. The lowest BCUT2D eigenvalue weighted by Gasteiger charge is -1.99. The van der Waals surface area contributed by atoms with Crippen molar-refractivity contribution in [3.05, 3.63) is 34.5 Å². The first-order valence-electron chi connectivity index (χ1n) is 5.14. The highest BCUT2D eigenvalue weighted by Gasteiger charge is 2.19. The van der Waals surface area contributed by atoms with Crippen LogP contribution in [0.25, 0.3) is 10.9 Å². The van der Waals surface area contributed by atoms with E-state index in [-0.39, 0.29) is 16.0 Å². The normalized spacial score (nSPS) is 11.9. The number of nitro benzene ring substituents is 1. The molecular formula is C10H11N3O4S. The largest absolute Gasteiger partial charge is 0.346 e. The van der Waals surface area contributed by atoms with Gasteiger partial charge in [-0.15, -0.1) is 0 Å². The van der Waals surface area contributed by atoms with Crippen LogP contribution in [0.4, 0.5) is 5.69 Å². The zero-order valence-electron chi connectivity index (χ0n) is 9.53. The van der Waals surface area contributed by atoms with Crippen molar-refractivity contribution >= 4 is 26.6 Å². The number of hydrogen-bond donors (Lipinski definition) is 1. The highest BCUT2D eigenvalue weighted by atomic mass is 32.2. The summed E-state index contributed by atoms with van der Waals surface area (Å²) in [7, 11) is -3.90. The van der Waals surface area contributed by atoms with Crippen molar-refractivity contribution in [2.24, 2.45) is 5.14 Å². The number of hydrogen-bond acceptors (Lipinski definition) is 4. The Morgan fingerprint density at radius 1 is 1.44 bits per heavy atom. The molecular weight excluding hydrogens is 258 g/mol. The molecule has 0 unspecified atom stereocenters. The van der Waals surface area contributed by atoms with Crippen molar-refractivity contribution in [3.8, 4) is 0 Å². The zero-order valence-corrected chi connectivity index (χ0v) is 10.3. The topological polar surface area (TPSA) is 108 Å². The molecule has 0 spiro atoms. The van der Waals surface area contributed by atoms with Crippen LogP contribution < -0.4 is 5.14 Å². The molecule has 1 aromatic carbocycles. The summed E-state index contributed by atoms with van der Waals surface area (Å²) in [6, 6.07) is 4.08. The Labute approximate surface area is 103 Å². The van der Waals surface area contributed by atoms with Crippen molar-refractivity contribution in [1.29, 1.82) is 0 Å². The van der Waals surface area contributed by atoms with Crippen molar-refractivity contribution in [2.75, 3.05) is 0 Å². The molecule has 1 aromatic heterocycles. The van der Waals surface area contributed by atoms with Crippen LogP contribution in [0.15, 0.2) is 29.3 Å². The van der Waals surface area contributed by atoms with Crippen LogP contribution in [0.5, 0.6) is 0 Å². The molecule has 0 fully saturated rings. The SMILES string of the molecule is CCn1cc(S(N)(=O)=O)c2cc([N+](=O)[O-])ccc21. The number of rotatable bonds is 3. The number of aryl methyl sites for hydroxylation is 1. The maximum Gasteiger partial charge on any atom is 0.270 e. The van der Waals surface area contributed by atoms with E-state index in [4.69, 9.17) is 5.14 Å². The van der Waals surface area contributed by atoms with Gasteiger partial charge in [-0.25, -0.2) is 13.6 Å². The summed E-state index contributed by atoms with van der Waals surface area (Å²) in [5, 5.41) is 16.1. The molecule has 0 aliphatic heterocycles. The fraction of sp³-hybridized carbons (Fsp3) is 0.200. The van der Waals surface area contributed by atoms with E-state index in [1.54, 1.807) is 4.57 Å². The maximum absolute atomic E-state index is 11.5. The lowest BCUT2D eigenvalue weighted by Crippen LogP contribution is -2.11. The average molecular weight is 269 g/mol. The van der Waals surface area contributed by atoms with Gasteiger partial charge in [0.2, 0.25) is 10.0 Å². The number of sulfonamides is 1. The van der Waals surface area contributed by atoms with Crippen LogP contribution in [-0.2, 0) is 16.6 Å². The van der Waals surface area contributed by atoms with Crippen molar-refractivity contribution < 1.29 is 13.3 Å². The van der Waals surface area contributed by atoms with Gasteiger partial charge in [-0.05, 0) is 13.0 Å². The van der Waals surface area contributed by atoms with E-state index in [1.165, 1.54) is 24.4 Å². The molecule has 7 nitrogen and oxygen atoms in total. The molecule has 0 radical (unpaired) electrons. The van der Waals surface area contributed by atoms with Crippen LogP contribution in [-0.4, -0.2) is 17.9 Å². The van der Waals surface area contributed by atoms with Crippen LogP contribution in [0.3, 0.4) is 0 Å². The van der Waals surface area contributed by atoms with Crippen LogP contribution in [0, 0.1) is 10.1 Å². The predicted octanol–water partition coefficient (Wildman–Crippen LogP) is 1.22. The van der Waals surface area contributed by atoms with Gasteiger partial charge in [0.25, 0.3) is 5.69 Å². The van der Waals surface area contributed by atoms with E-state index in [9.17, 15) is 18.5 Å². The third-order valence-electron chi connectivity index (χ3n) is 2.69. The molecule has 1 heterocycles. The Kier molecular flexibility index (Phi) is 2.83. The van der Waals surface area contributed by atoms with Gasteiger partial charge in [-0.1, -0.05) is 0 Å². The second kappa shape index (κ2) is 4.07. The highest BCUT2D eigenvalue weighted by Crippen LogP contribution is 2.28. The first-order valence-corrected chi connectivity index (χ1v) is 6.69. The highest BCUT2D eigenvalue weighted by molar-refractivity contribution is 7.89. The van der Waals surface area contributed by atoms with Crippen molar-refractivity contribution in [1.82, 2.24) is 4.57 Å². The third kappa shape index (κ3) is 1.95. The molecule has 0 aliphatic carbocycles. The van der Waals surface area contributed by atoms with Crippen molar-refractivity contribution in [2.45, 2.75) is 18.4 Å². The van der Waals surface area contributed by atoms with Gasteiger partial charge in [0.1, 0.15) is 4.90 Å². The van der Waals surface area contributed by atoms with Crippen LogP contribution in [0.1, 0.15) is 6.92 Å². The summed E-state index contributed by atoms with van der Waals surface area (Å²) >= 11 is 0. The monoisotopic (exact) mass is 269 g/mol. The second-order valence-electron chi connectivity index (χ2n) is 3.78. The van der Waals surface area contributed by atoms with Crippen molar-refractivity contribution in [3.63, 3.8) is 0 Å². The average Bonchev–Trinajstić information content (AvgIpc) is 2.66. The summed E-state index contributed by atoms with van der Waals surface area (Å²) < 4.78 is 24.6. The summed E-state index contributed by atoms with van der Waals surface area (Å²) in [6.45, 7) is 2.39. The third-order valence-corrected chi connectivity index (χ3v) is 3.62. The number of benzene rings is 1. The molecule has 0 aliphatic rings. The number of nitro groups is 1. The Morgan fingerprint density at radius 2 is 2.11 bits per heavy atom. The maximum atomic E-state index is 11.5. The van der Waals surface area contributed by atoms with E-state index in [2.05, 4.69) is 0 Å². The lowest BCUT2D eigenvalue weighted by molar-refractivity contribution is -0.384. The first-order chi connectivity index (χ1) is 8.34. The van der Waals surface area contributed by atoms with Gasteiger partial charge in [0.05, 0.1) is 4.92 Å². The molecule has 2 aromatic rings. The Morgan fingerprint density at radius 3 is 2.61 bits per heavy atom. The standard InChI is InChI=1S/C10H11N3O4S/c1-2-12-6-10(18(11,16)17)8-5-7(13(14)15)3-4-9(8)12/h3-6H,2H2,1H3,(H2,11,16,17). The summed E-state index contributed by atoms with van der Waals surface area (Å²) in [5.74, 6) is 0. The van der Waals surface area contributed by atoms with E-state index in [0.717, 1.165) is 0 Å². The van der Waals surface area contributed by atoms with E-state index in [0.29, 0.717) is 12.1 Å². The molecule has 18 heavy (non-hydrogen) atoms. The molecule has 0 saturated heterocycles. The number of primary sulfonamides is 1. The van der Waals surface area contributed by atoms with E-state index < -0.39 is 14.9 Å². The molecule has 96 valence electrons. The Hall–Kier alpha value is -1.93. The van der Waals surface area contributed by atoms with E-state index in [1.807, 2.05) is 6.92 Å². The Bertz CT molecular complexity index is 733. The number of nitrogens with two attached hydrogens (primary N) is 1. The fourth-order valence-electron chi connectivity index (χ4n) is 1.85. The van der Waals surface area contributed by atoms with Gasteiger partial charge in [-0.3, -0.25) is 10.1 Å². The Balaban J connectivity index is 2.86. The van der Waals surface area contributed by atoms with Gasteiger partial charge >= 0.3 is 0 Å². The number of nitrogens with zero attached hydrogens (tertiary/aromatic N) is 2. The van der Waals surface area contributed by atoms with Gasteiger partial charge in [0, 0.05) is 35.8 Å². The quantitative estimate of drug-likeness (QED) is 0.667. The minimum atomic E-state index is -3.90. The molecule has 0 amide bonds. The summed E-state index contributed by atoms with van der Waals surface area (Å²) in [4.78, 5) is 10.0. The minimum Gasteiger partial charge on any atom is -0.346 e. The number of non-ortho nitro benzene ring substituents is 1.